The fourth-order valence-electron chi connectivity index (χ4n) is 2.23. The maximum atomic E-state index is 9.47. The van der Waals surface area contributed by atoms with Crippen LogP contribution in [0.25, 0.3) is 22.3 Å². The Balaban J connectivity index is 2.20. The molecule has 112 valence electrons. The molecule has 0 spiro atoms. The van der Waals surface area contributed by atoms with E-state index in [1.807, 2.05) is 54.6 Å². The van der Waals surface area contributed by atoms with Crippen LogP contribution in [0.2, 0.25) is 5.02 Å². The Labute approximate surface area is 133 Å². The molecule has 1 atom stereocenters. The van der Waals surface area contributed by atoms with Gasteiger partial charge in [0.25, 0.3) is 0 Å². The molecule has 1 N–H and O–H groups in total. The summed E-state index contributed by atoms with van der Waals surface area (Å²) in [6.07, 6.45) is -0.477. The Hall–Kier alpha value is -2.10. The van der Waals surface area contributed by atoms with Crippen LogP contribution in [-0.2, 0) is 0 Å². The van der Waals surface area contributed by atoms with Gasteiger partial charge in [0, 0.05) is 22.0 Å². The fraction of sp³-hybridized carbons (Fsp3) is 0.167. The predicted octanol–water partition coefficient (Wildman–Crippen LogP) is 4.03. The smallest absolute Gasteiger partial charge is 0.136 e. The molecule has 3 nitrogen and oxygen atoms in total. The van der Waals surface area contributed by atoms with Crippen LogP contribution in [0.5, 0.6) is 0 Å². The van der Waals surface area contributed by atoms with Crippen LogP contribution < -0.4 is 5.36 Å². The highest BCUT2D eigenvalue weighted by atomic mass is 35.5. The summed E-state index contributed by atoms with van der Waals surface area (Å²) in [5.41, 5.74) is 1.70. The van der Waals surface area contributed by atoms with Crippen LogP contribution in [0, 0.1) is 0 Å². The number of aliphatic hydroxyl groups is 1. The minimum absolute atomic E-state index is 0.355. The van der Waals surface area contributed by atoms with Crippen LogP contribution in [0.4, 0.5) is 0 Å². The average molecular weight is 314 g/mol. The lowest BCUT2D eigenvalue weighted by Gasteiger charge is -2.05. The number of benzene rings is 2. The van der Waals surface area contributed by atoms with Crippen LogP contribution >= 0.6 is 11.6 Å². The van der Waals surface area contributed by atoms with E-state index in [4.69, 9.17) is 16.0 Å². The zero-order chi connectivity index (χ0) is 15.5. The second-order valence-electron chi connectivity index (χ2n) is 5.19. The molecular formula is C18H16ClNO2. The number of nitrogens with zero attached hydrogens (tertiary/aromatic N) is 1. The molecule has 4 heteroatoms. The van der Waals surface area contributed by atoms with E-state index in [-0.39, 0.29) is 0 Å². The highest BCUT2D eigenvalue weighted by Crippen LogP contribution is 2.23. The van der Waals surface area contributed by atoms with E-state index < -0.39 is 6.10 Å². The summed E-state index contributed by atoms with van der Waals surface area (Å²) < 4.78 is 5.97. The summed E-state index contributed by atoms with van der Waals surface area (Å²) in [5.74, 6) is 0.722. The van der Waals surface area contributed by atoms with E-state index in [0.29, 0.717) is 11.6 Å². The zero-order valence-electron chi connectivity index (χ0n) is 12.2. The van der Waals surface area contributed by atoms with Crippen molar-refractivity contribution >= 4 is 22.6 Å². The van der Waals surface area contributed by atoms with Gasteiger partial charge in [-0.25, -0.2) is 0 Å². The lowest BCUT2D eigenvalue weighted by molar-refractivity contribution is 0.203. The van der Waals surface area contributed by atoms with Crippen molar-refractivity contribution < 1.29 is 9.52 Å². The molecule has 1 heterocycles. The minimum Gasteiger partial charge on any atom is -0.456 e. The molecule has 0 saturated heterocycles. The van der Waals surface area contributed by atoms with Crippen molar-refractivity contribution in [2.45, 2.75) is 13.0 Å². The molecule has 0 amide bonds. The maximum absolute atomic E-state index is 9.47. The summed E-state index contributed by atoms with van der Waals surface area (Å²) in [7, 11) is 0. The molecular weight excluding hydrogens is 298 g/mol. The van der Waals surface area contributed by atoms with E-state index >= 15 is 0 Å². The Morgan fingerprint density at radius 2 is 1.86 bits per heavy atom. The van der Waals surface area contributed by atoms with Crippen molar-refractivity contribution in [2.75, 3.05) is 6.54 Å². The first-order valence-corrected chi connectivity index (χ1v) is 7.48. The molecule has 1 aromatic heterocycles. The number of fused-ring (bicyclic) bond motifs is 1. The number of aliphatic hydroxyl groups excluding tert-OH is 1. The number of hydrogen-bond acceptors (Lipinski definition) is 3. The van der Waals surface area contributed by atoms with Crippen LogP contribution in [0.3, 0.4) is 0 Å². The SMILES string of the molecule is C[C@@H](O)CN=c1cc(-c2ccc(Cl)cc2)oc2ccccc12. The number of para-hydroxylation sites is 1. The largest absolute Gasteiger partial charge is 0.456 e. The van der Waals surface area contributed by atoms with E-state index in [2.05, 4.69) is 4.99 Å². The second-order valence-corrected chi connectivity index (χ2v) is 5.63. The molecule has 2 aromatic carbocycles. The van der Waals surface area contributed by atoms with Gasteiger partial charge in [-0.15, -0.1) is 0 Å². The van der Waals surface area contributed by atoms with E-state index in [1.54, 1.807) is 6.92 Å². The first kappa shape index (κ1) is 14.8. The molecule has 3 rings (SSSR count). The van der Waals surface area contributed by atoms with Gasteiger partial charge in [-0.1, -0.05) is 23.7 Å². The van der Waals surface area contributed by atoms with Gasteiger partial charge in [0.2, 0.25) is 0 Å². The van der Waals surface area contributed by atoms with Gasteiger partial charge < -0.3 is 9.52 Å². The molecule has 0 bridgehead atoms. The Kier molecular flexibility index (Phi) is 4.27. The van der Waals surface area contributed by atoms with Crippen molar-refractivity contribution in [3.8, 4) is 11.3 Å². The highest BCUT2D eigenvalue weighted by Gasteiger charge is 2.06. The molecule has 0 aliphatic heterocycles. The maximum Gasteiger partial charge on any atom is 0.136 e. The Bertz CT molecular complexity index is 851. The lowest BCUT2D eigenvalue weighted by atomic mass is 10.1. The monoisotopic (exact) mass is 313 g/mol. The average Bonchev–Trinajstić information content (AvgIpc) is 2.53. The van der Waals surface area contributed by atoms with Crippen molar-refractivity contribution in [3.63, 3.8) is 0 Å². The van der Waals surface area contributed by atoms with Crippen LogP contribution in [0.1, 0.15) is 6.92 Å². The van der Waals surface area contributed by atoms with E-state index in [0.717, 1.165) is 27.7 Å². The van der Waals surface area contributed by atoms with Gasteiger partial charge in [0.1, 0.15) is 11.3 Å². The number of rotatable bonds is 3. The topological polar surface area (TPSA) is 45.7 Å². The molecule has 0 aliphatic carbocycles. The summed E-state index contributed by atoms with van der Waals surface area (Å²) in [4.78, 5) is 4.50. The summed E-state index contributed by atoms with van der Waals surface area (Å²) >= 11 is 5.93. The van der Waals surface area contributed by atoms with Gasteiger partial charge in [-0.05, 0) is 43.3 Å². The van der Waals surface area contributed by atoms with E-state index in [9.17, 15) is 5.11 Å². The number of hydrogen-bond donors (Lipinski definition) is 1. The molecule has 3 aromatic rings. The van der Waals surface area contributed by atoms with Crippen molar-refractivity contribution in [3.05, 3.63) is 65.0 Å². The summed E-state index contributed by atoms with van der Waals surface area (Å²) in [6.45, 7) is 2.08. The second kappa shape index (κ2) is 6.34. The predicted molar refractivity (Wildman–Crippen MR) is 88.8 cm³/mol. The van der Waals surface area contributed by atoms with E-state index in [1.165, 1.54) is 0 Å². The van der Waals surface area contributed by atoms with Gasteiger partial charge >= 0.3 is 0 Å². The zero-order valence-corrected chi connectivity index (χ0v) is 12.9. The molecule has 0 aliphatic rings. The standard InChI is InChI=1S/C18H16ClNO2/c1-12(21)11-20-16-10-18(13-6-8-14(19)9-7-13)22-17-5-3-2-4-15(16)17/h2-10,12,21H,11H2,1H3/t12-/m1/s1. The minimum atomic E-state index is -0.477. The molecule has 0 saturated carbocycles. The van der Waals surface area contributed by atoms with Crippen molar-refractivity contribution in [2.24, 2.45) is 4.99 Å². The molecule has 0 unspecified atom stereocenters. The van der Waals surface area contributed by atoms with Gasteiger partial charge in [-0.2, -0.15) is 0 Å². The normalized spacial score (nSPS) is 13.5. The summed E-state index contributed by atoms with van der Waals surface area (Å²) in [6, 6.07) is 17.1. The molecule has 0 fully saturated rings. The summed E-state index contributed by atoms with van der Waals surface area (Å²) in [5, 5.41) is 11.9. The van der Waals surface area contributed by atoms with Crippen LogP contribution in [-0.4, -0.2) is 17.8 Å². The number of halogens is 1. The van der Waals surface area contributed by atoms with Gasteiger partial charge in [0.05, 0.1) is 18.0 Å². The third-order valence-electron chi connectivity index (χ3n) is 3.31. The Morgan fingerprint density at radius 3 is 2.59 bits per heavy atom. The molecule has 0 radical (unpaired) electrons. The van der Waals surface area contributed by atoms with Crippen molar-refractivity contribution in [1.29, 1.82) is 0 Å². The third-order valence-corrected chi connectivity index (χ3v) is 3.56. The first-order valence-electron chi connectivity index (χ1n) is 7.11. The van der Waals surface area contributed by atoms with Gasteiger partial charge in [-0.3, -0.25) is 4.99 Å². The van der Waals surface area contributed by atoms with Gasteiger partial charge in [0.15, 0.2) is 0 Å². The first-order chi connectivity index (χ1) is 10.6. The Morgan fingerprint density at radius 1 is 1.14 bits per heavy atom. The lowest BCUT2D eigenvalue weighted by Crippen LogP contribution is -2.11. The van der Waals surface area contributed by atoms with Crippen molar-refractivity contribution in [1.82, 2.24) is 0 Å². The third kappa shape index (κ3) is 3.21. The van der Waals surface area contributed by atoms with Crippen LogP contribution in [0.15, 0.2) is 64.0 Å². The molecule has 22 heavy (non-hydrogen) atoms. The fourth-order valence-corrected chi connectivity index (χ4v) is 2.36. The quantitative estimate of drug-likeness (QED) is 0.793. The highest BCUT2D eigenvalue weighted by molar-refractivity contribution is 6.30.